The molecule has 70 valence electrons. The van der Waals surface area contributed by atoms with Crippen LogP contribution < -0.4 is 5.32 Å². The standard InChI is InChI=1S/C9H17NO2/c1-5-8(12)10-9(3,4)6-7(2)11/h5,7,11H,1,6H2,2-4H3,(H,10,12). The maximum absolute atomic E-state index is 10.9. The van der Waals surface area contributed by atoms with Gasteiger partial charge in [-0.1, -0.05) is 6.58 Å². The number of rotatable bonds is 4. The zero-order valence-corrected chi connectivity index (χ0v) is 7.92. The maximum atomic E-state index is 10.9. The van der Waals surface area contributed by atoms with Crippen molar-refractivity contribution >= 4 is 5.91 Å². The van der Waals surface area contributed by atoms with E-state index < -0.39 is 6.10 Å². The first kappa shape index (κ1) is 11.2. The summed E-state index contributed by atoms with van der Waals surface area (Å²) in [4.78, 5) is 10.9. The fourth-order valence-corrected chi connectivity index (χ4v) is 1.17. The molecule has 3 heteroatoms. The molecule has 1 atom stereocenters. The molecule has 0 aliphatic carbocycles. The normalized spacial score (nSPS) is 13.7. The lowest BCUT2D eigenvalue weighted by Crippen LogP contribution is -2.44. The second-order valence-electron chi connectivity index (χ2n) is 3.63. The molecule has 0 aliphatic rings. The Kier molecular flexibility index (Phi) is 3.96. The van der Waals surface area contributed by atoms with Gasteiger partial charge in [0.05, 0.1) is 6.10 Å². The van der Waals surface area contributed by atoms with Crippen molar-refractivity contribution in [2.24, 2.45) is 0 Å². The van der Waals surface area contributed by atoms with Crippen LogP contribution in [-0.2, 0) is 4.79 Å². The Bertz CT molecular complexity index is 173. The Balaban J connectivity index is 4.02. The number of aliphatic hydroxyl groups excluding tert-OH is 1. The van der Waals surface area contributed by atoms with Crippen LogP contribution in [0.15, 0.2) is 12.7 Å². The van der Waals surface area contributed by atoms with Crippen molar-refractivity contribution < 1.29 is 9.90 Å². The second-order valence-corrected chi connectivity index (χ2v) is 3.63. The van der Waals surface area contributed by atoms with Gasteiger partial charge in [-0.05, 0) is 33.3 Å². The first-order valence-corrected chi connectivity index (χ1v) is 4.00. The molecule has 12 heavy (non-hydrogen) atoms. The Morgan fingerprint density at radius 3 is 2.58 bits per heavy atom. The van der Waals surface area contributed by atoms with Crippen LogP contribution in [0.4, 0.5) is 0 Å². The van der Waals surface area contributed by atoms with E-state index in [-0.39, 0.29) is 11.4 Å². The lowest BCUT2D eigenvalue weighted by Gasteiger charge is -2.26. The van der Waals surface area contributed by atoms with Crippen LogP contribution in [0, 0.1) is 0 Å². The van der Waals surface area contributed by atoms with Crippen molar-refractivity contribution in [1.29, 1.82) is 0 Å². The van der Waals surface area contributed by atoms with Crippen LogP contribution in [0.5, 0.6) is 0 Å². The molecule has 0 aliphatic heterocycles. The summed E-state index contributed by atoms with van der Waals surface area (Å²) in [5.74, 6) is -0.208. The predicted octanol–water partition coefficient (Wildman–Crippen LogP) is 0.838. The monoisotopic (exact) mass is 171 g/mol. The number of carbonyl (C=O) groups is 1. The average molecular weight is 171 g/mol. The van der Waals surface area contributed by atoms with E-state index in [1.807, 2.05) is 13.8 Å². The molecule has 1 amide bonds. The van der Waals surface area contributed by atoms with E-state index in [4.69, 9.17) is 5.11 Å². The van der Waals surface area contributed by atoms with Crippen LogP contribution in [0.2, 0.25) is 0 Å². The summed E-state index contributed by atoms with van der Waals surface area (Å²) in [6, 6.07) is 0. The molecule has 0 saturated heterocycles. The quantitative estimate of drug-likeness (QED) is 0.616. The van der Waals surface area contributed by atoms with Gasteiger partial charge in [-0.25, -0.2) is 0 Å². The van der Waals surface area contributed by atoms with Crippen LogP contribution in [0.1, 0.15) is 27.2 Å². The first-order chi connectivity index (χ1) is 5.37. The molecule has 0 spiro atoms. The molecule has 0 aromatic heterocycles. The predicted molar refractivity (Wildman–Crippen MR) is 48.7 cm³/mol. The van der Waals surface area contributed by atoms with Crippen molar-refractivity contribution in [3.63, 3.8) is 0 Å². The van der Waals surface area contributed by atoms with E-state index in [2.05, 4.69) is 11.9 Å². The molecule has 0 fully saturated rings. The molecule has 0 aromatic rings. The van der Waals surface area contributed by atoms with Gasteiger partial charge < -0.3 is 10.4 Å². The lowest BCUT2D eigenvalue weighted by molar-refractivity contribution is -0.118. The highest BCUT2D eigenvalue weighted by Gasteiger charge is 2.20. The molecule has 3 nitrogen and oxygen atoms in total. The second kappa shape index (κ2) is 4.26. The number of hydrogen-bond acceptors (Lipinski definition) is 2. The van der Waals surface area contributed by atoms with Gasteiger partial charge >= 0.3 is 0 Å². The average Bonchev–Trinajstić information content (AvgIpc) is 1.83. The lowest BCUT2D eigenvalue weighted by atomic mass is 9.97. The zero-order valence-electron chi connectivity index (χ0n) is 7.92. The number of nitrogens with one attached hydrogen (secondary N) is 1. The van der Waals surface area contributed by atoms with Gasteiger partial charge in [-0.2, -0.15) is 0 Å². The number of amides is 1. The molecule has 2 N–H and O–H groups in total. The number of carbonyl (C=O) groups excluding carboxylic acids is 1. The van der Waals surface area contributed by atoms with E-state index in [9.17, 15) is 4.79 Å². The minimum Gasteiger partial charge on any atom is -0.393 e. The summed E-state index contributed by atoms with van der Waals surface area (Å²) < 4.78 is 0. The molecule has 0 radical (unpaired) electrons. The molecule has 0 rings (SSSR count). The van der Waals surface area contributed by atoms with E-state index in [1.54, 1.807) is 6.92 Å². The summed E-state index contributed by atoms with van der Waals surface area (Å²) in [5, 5.41) is 11.8. The Labute approximate surface area is 73.5 Å². The molecular formula is C9H17NO2. The summed E-state index contributed by atoms with van der Waals surface area (Å²) in [7, 11) is 0. The Morgan fingerprint density at radius 2 is 2.25 bits per heavy atom. The zero-order chi connectivity index (χ0) is 9.78. The van der Waals surface area contributed by atoms with E-state index in [1.165, 1.54) is 6.08 Å². The van der Waals surface area contributed by atoms with Crippen molar-refractivity contribution in [2.75, 3.05) is 0 Å². The topological polar surface area (TPSA) is 49.3 Å². The van der Waals surface area contributed by atoms with Crippen LogP contribution in [0.3, 0.4) is 0 Å². The van der Waals surface area contributed by atoms with E-state index >= 15 is 0 Å². The van der Waals surface area contributed by atoms with E-state index in [0.717, 1.165) is 0 Å². The molecule has 0 heterocycles. The van der Waals surface area contributed by atoms with Gasteiger partial charge in [-0.3, -0.25) is 4.79 Å². The van der Waals surface area contributed by atoms with Crippen molar-refractivity contribution in [3.05, 3.63) is 12.7 Å². The van der Waals surface area contributed by atoms with Crippen molar-refractivity contribution in [2.45, 2.75) is 38.8 Å². The summed E-state index contributed by atoms with van der Waals surface area (Å²) in [6.07, 6.45) is 1.35. The van der Waals surface area contributed by atoms with Crippen molar-refractivity contribution in [3.8, 4) is 0 Å². The molecule has 0 bridgehead atoms. The van der Waals surface area contributed by atoms with Gasteiger partial charge in [0.1, 0.15) is 0 Å². The van der Waals surface area contributed by atoms with Gasteiger partial charge in [0.2, 0.25) is 5.91 Å². The SMILES string of the molecule is C=CC(=O)NC(C)(C)CC(C)O. The van der Waals surface area contributed by atoms with Gasteiger partial charge in [0, 0.05) is 5.54 Å². The summed E-state index contributed by atoms with van der Waals surface area (Å²) >= 11 is 0. The van der Waals surface area contributed by atoms with Crippen LogP contribution in [-0.4, -0.2) is 22.7 Å². The largest absolute Gasteiger partial charge is 0.393 e. The Morgan fingerprint density at radius 1 is 1.75 bits per heavy atom. The van der Waals surface area contributed by atoms with Crippen LogP contribution in [0.25, 0.3) is 0 Å². The van der Waals surface area contributed by atoms with E-state index in [0.29, 0.717) is 6.42 Å². The minimum atomic E-state index is -0.412. The number of aliphatic hydroxyl groups is 1. The minimum absolute atomic E-state index is 0.208. The van der Waals surface area contributed by atoms with Gasteiger partial charge in [0.25, 0.3) is 0 Å². The first-order valence-electron chi connectivity index (χ1n) is 4.00. The fourth-order valence-electron chi connectivity index (χ4n) is 1.17. The highest BCUT2D eigenvalue weighted by Crippen LogP contribution is 2.10. The number of hydrogen-bond donors (Lipinski definition) is 2. The highest BCUT2D eigenvalue weighted by molar-refractivity contribution is 5.87. The summed E-state index contributed by atoms with van der Waals surface area (Å²) in [5.41, 5.74) is -0.376. The van der Waals surface area contributed by atoms with Crippen molar-refractivity contribution in [1.82, 2.24) is 5.32 Å². The Hall–Kier alpha value is -0.830. The fraction of sp³-hybridized carbons (Fsp3) is 0.667. The molecule has 1 unspecified atom stereocenters. The smallest absolute Gasteiger partial charge is 0.243 e. The molecule has 0 saturated carbocycles. The third kappa shape index (κ3) is 4.91. The van der Waals surface area contributed by atoms with Gasteiger partial charge in [0.15, 0.2) is 0 Å². The third-order valence-electron chi connectivity index (χ3n) is 1.45. The molecular weight excluding hydrogens is 154 g/mol. The highest BCUT2D eigenvalue weighted by atomic mass is 16.3. The summed E-state index contributed by atoms with van der Waals surface area (Å²) in [6.45, 7) is 8.77. The van der Waals surface area contributed by atoms with Gasteiger partial charge in [-0.15, -0.1) is 0 Å². The van der Waals surface area contributed by atoms with Crippen LogP contribution >= 0.6 is 0 Å². The molecule has 0 aromatic carbocycles. The third-order valence-corrected chi connectivity index (χ3v) is 1.45. The maximum Gasteiger partial charge on any atom is 0.243 e.